The van der Waals surface area contributed by atoms with E-state index in [1.165, 1.54) is 4.90 Å². The van der Waals surface area contributed by atoms with Crippen molar-refractivity contribution in [1.82, 2.24) is 4.90 Å². The number of amides is 1. The van der Waals surface area contributed by atoms with Crippen molar-refractivity contribution in [3.63, 3.8) is 0 Å². The van der Waals surface area contributed by atoms with E-state index in [9.17, 15) is 14.7 Å². The second-order valence-corrected chi connectivity index (χ2v) is 7.49. The molecule has 21 heavy (non-hydrogen) atoms. The highest BCUT2D eigenvalue weighted by molar-refractivity contribution is 14.1. The molecule has 2 N–H and O–H groups in total. The van der Waals surface area contributed by atoms with E-state index in [1.54, 1.807) is 19.1 Å². The van der Waals surface area contributed by atoms with Gasteiger partial charge >= 0.3 is 5.97 Å². The van der Waals surface area contributed by atoms with Gasteiger partial charge in [0.25, 0.3) is 5.91 Å². The van der Waals surface area contributed by atoms with Gasteiger partial charge in [-0.3, -0.25) is 4.79 Å². The minimum Gasteiger partial charge on any atom is -0.506 e. The number of carboxylic acids is 1. The molecule has 0 aromatic heterocycles. The lowest BCUT2D eigenvalue weighted by atomic mass is 9.95. The van der Waals surface area contributed by atoms with Crippen molar-refractivity contribution < 1.29 is 24.5 Å². The van der Waals surface area contributed by atoms with Crippen LogP contribution >= 0.6 is 45.2 Å². The minimum atomic E-state index is -1.04. The van der Waals surface area contributed by atoms with Gasteiger partial charge in [-0.1, -0.05) is 0 Å². The van der Waals surface area contributed by atoms with Crippen molar-refractivity contribution in [3.8, 4) is 5.75 Å². The van der Waals surface area contributed by atoms with Crippen LogP contribution in [0.2, 0.25) is 0 Å². The van der Waals surface area contributed by atoms with E-state index in [2.05, 4.69) is 22.6 Å². The molecule has 1 aromatic carbocycles. The largest absolute Gasteiger partial charge is 0.506 e. The molecular weight excluding hydrogens is 504 g/mol. The fourth-order valence-electron chi connectivity index (χ4n) is 2.13. The van der Waals surface area contributed by atoms with Crippen LogP contribution < -0.4 is 0 Å². The Kier molecular flexibility index (Phi) is 4.98. The Morgan fingerprint density at radius 1 is 1.38 bits per heavy atom. The van der Waals surface area contributed by atoms with Gasteiger partial charge in [0.05, 0.1) is 22.2 Å². The van der Waals surface area contributed by atoms with E-state index in [0.29, 0.717) is 16.7 Å². The zero-order chi connectivity index (χ0) is 15.8. The van der Waals surface area contributed by atoms with Gasteiger partial charge in [-0.2, -0.15) is 0 Å². The maximum atomic E-state index is 12.4. The van der Waals surface area contributed by atoms with E-state index < -0.39 is 11.6 Å². The first-order chi connectivity index (χ1) is 9.72. The highest BCUT2D eigenvalue weighted by atomic mass is 127. The first-order valence-corrected chi connectivity index (χ1v) is 8.21. The molecule has 2 rings (SSSR count). The average molecular weight is 517 g/mol. The number of aromatic hydroxyl groups is 1. The van der Waals surface area contributed by atoms with Crippen molar-refractivity contribution >= 4 is 57.1 Å². The van der Waals surface area contributed by atoms with Gasteiger partial charge in [-0.15, -0.1) is 0 Å². The molecule has 1 amide bonds. The van der Waals surface area contributed by atoms with Crippen LogP contribution in [0.3, 0.4) is 0 Å². The number of halogens is 2. The number of carbonyl (C=O) groups excluding carboxylic acids is 1. The Morgan fingerprint density at radius 3 is 2.57 bits per heavy atom. The topological polar surface area (TPSA) is 87.1 Å². The maximum Gasteiger partial charge on any atom is 0.329 e. The SMILES string of the molecule is CC1(OCC(=O)O)CN(C(=O)c2cc(I)cc(I)c2O)C1. The van der Waals surface area contributed by atoms with Gasteiger partial charge in [0, 0.05) is 3.57 Å². The molecule has 0 aliphatic carbocycles. The second-order valence-electron chi connectivity index (χ2n) is 5.08. The summed E-state index contributed by atoms with van der Waals surface area (Å²) in [5.74, 6) is -1.34. The average Bonchev–Trinajstić information content (AvgIpc) is 2.36. The molecule has 8 heteroatoms. The van der Waals surface area contributed by atoms with Gasteiger partial charge in [-0.05, 0) is 64.2 Å². The Balaban J connectivity index is 2.06. The molecule has 1 saturated heterocycles. The zero-order valence-corrected chi connectivity index (χ0v) is 15.4. The van der Waals surface area contributed by atoms with E-state index in [-0.39, 0.29) is 23.8 Å². The number of nitrogens with zero attached hydrogens (tertiary/aromatic N) is 1. The molecule has 1 aliphatic rings. The van der Waals surface area contributed by atoms with Crippen molar-refractivity contribution in [2.24, 2.45) is 0 Å². The summed E-state index contributed by atoms with van der Waals surface area (Å²) < 4.78 is 6.75. The number of carboxylic acid groups (broad SMARTS) is 1. The lowest BCUT2D eigenvalue weighted by Crippen LogP contribution is -2.63. The van der Waals surface area contributed by atoms with Gasteiger partial charge < -0.3 is 19.8 Å². The molecule has 6 nitrogen and oxygen atoms in total. The highest BCUT2D eigenvalue weighted by Gasteiger charge is 2.43. The first kappa shape index (κ1) is 16.7. The van der Waals surface area contributed by atoms with Crippen LogP contribution in [-0.4, -0.2) is 52.3 Å². The minimum absolute atomic E-state index is 0.0268. The van der Waals surface area contributed by atoms with Crippen LogP contribution in [0.15, 0.2) is 12.1 Å². The summed E-state index contributed by atoms with van der Waals surface area (Å²) in [4.78, 5) is 24.4. The molecule has 0 unspecified atom stereocenters. The van der Waals surface area contributed by atoms with E-state index >= 15 is 0 Å². The maximum absolute atomic E-state index is 12.4. The van der Waals surface area contributed by atoms with Crippen LogP contribution in [0, 0.1) is 7.14 Å². The molecule has 1 fully saturated rings. The monoisotopic (exact) mass is 517 g/mol. The molecule has 0 spiro atoms. The first-order valence-electron chi connectivity index (χ1n) is 6.05. The van der Waals surface area contributed by atoms with Crippen LogP contribution in [0.4, 0.5) is 0 Å². The number of carbonyl (C=O) groups is 2. The third-order valence-electron chi connectivity index (χ3n) is 3.14. The molecule has 1 aliphatic heterocycles. The van der Waals surface area contributed by atoms with Crippen LogP contribution in [0.1, 0.15) is 17.3 Å². The molecule has 114 valence electrons. The smallest absolute Gasteiger partial charge is 0.329 e. The molecule has 0 atom stereocenters. The highest BCUT2D eigenvalue weighted by Crippen LogP contribution is 2.32. The summed E-state index contributed by atoms with van der Waals surface area (Å²) in [6, 6.07) is 3.41. The fraction of sp³-hybridized carbons (Fsp3) is 0.385. The summed E-state index contributed by atoms with van der Waals surface area (Å²) in [6.07, 6.45) is 0. The quantitative estimate of drug-likeness (QED) is 0.597. The third kappa shape index (κ3) is 3.77. The van der Waals surface area contributed by atoms with Crippen LogP contribution in [0.25, 0.3) is 0 Å². The van der Waals surface area contributed by atoms with Crippen LogP contribution in [-0.2, 0) is 9.53 Å². The lowest BCUT2D eigenvalue weighted by molar-refractivity contribution is -0.159. The number of phenols is 1. The summed E-state index contributed by atoms with van der Waals surface area (Å²) in [6.45, 7) is 1.99. The fourth-order valence-corrected chi connectivity index (χ4v) is 3.98. The number of hydrogen-bond donors (Lipinski definition) is 2. The Labute approximate surface area is 148 Å². The molecular formula is C13H13I2NO5. The Hall–Kier alpha value is -0.620. The van der Waals surface area contributed by atoms with Crippen molar-refractivity contribution in [3.05, 3.63) is 24.8 Å². The number of ether oxygens (including phenoxy) is 1. The van der Waals surface area contributed by atoms with Gasteiger partial charge in [0.15, 0.2) is 0 Å². The number of likely N-dealkylation sites (tertiary alicyclic amines) is 1. The zero-order valence-electron chi connectivity index (χ0n) is 11.1. The molecule has 0 radical (unpaired) electrons. The normalized spacial score (nSPS) is 16.4. The number of aliphatic carboxylic acids is 1. The lowest BCUT2D eigenvalue weighted by Gasteiger charge is -2.47. The van der Waals surface area contributed by atoms with Gasteiger partial charge in [0.2, 0.25) is 0 Å². The number of rotatable bonds is 4. The summed E-state index contributed by atoms with van der Waals surface area (Å²) >= 11 is 4.06. The predicted molar refractivity (Wildman–Crippen MR) is 91.4 cm³/mol. The molecule has 0 bridgehead atoms. The molecule has 1 heterocycles. The molecule has 1 aromatic rings. The predicted octanol–water partition coefficient (Wildman–Crippen LogP) is 1.92. The van der Waals surface area contributed by atoms with Crippen molar-refractivity contribution in [1.29, 1.82) is 0 Å². The van der Waals surface area contributed by atoms with E-state index in [1.807, 2.05) is 22.6 Å². The summed E-state index contributed by atoms with van der Waals surface area (Å²) in [5, 5.41) is 18.6. The number of phenolic OH excluding ortho intramolecular Hbond substituents is 1. The van der Waals surface area contributed by atoms with Gasteiger partial charge in [-0.25, -0.2) is 4.79 Å². The Bertz CT molecular complexity index is 598. The van der Waals surface area contributed by atoms with Crippen LogP contribution in [0.5, 0.6) is 5.75 Å². The molecule has 0 saturated carbocycles. The third-order valence-corrected chi connectivity index (χ3v) is 4.59. The van der Waals surface area contributed by atoms with E-state index in [0.717, 1.165) is 3.57 Å². The standard InChI is InChI=1S/C13H13I2NO5/c1-13(21-4-10(17)18)5-16(6-13)12(20)8-2-7(14)3-9(15)11(8)19/h2-3,19H,4-6H2,1H3,(H,17,18). The van der Waals surface area contributed by atoms with Crippen molar-refractivity contribution in [2.75, 3.05) is 19.7 Å². The summed E-state index contributed by atoms with van der Waals surface area (Å²) in [5.41, 5.74) is -0.384. The van der Waals surface area contributed by atoms with Crippen molar-refractivity contribution in [2.45, 2.75) is 12.5 Å². The van der Waals surface area contributed by atoms with E-state index in [4.69, 9.17) is 9.84 Å². The summed E-state index contributed by atoms with van der Waals surface area (Å²) in [7, 11) is 0. The Morgan fingerprint density at radius 2 is 2.00 bits per heavy atom. The van der Waals surface area contributed by atoms with Gasteiger partial charge in [0.1, 0.15) is 18.0 Å². The number of benzene rings is 1. The number of hydrogen-bond acceptors (Lipinski definition) is 4. The second kappa shape index (κ2) is 6.24.